The maximum atomic E-state index is 11.9. The summed E-state index contributed by atoms with van der Waals surface area (Å²) in [5.41, 5.74) is 8.01. The fourth-order valence-electron chi connectivity index (χ4n) is 8.31. The highest BCUT2D eigenvalue weighted by molar-refractivity contribution is 7.80. The maximum Gasteiger partial charge on any atom is 0.172 e. The number of phenols is 3. The van der Waals surface area contributed by atoms with Crippen molar-refractivity contribution in [2.24, 2.45) is 0 Å². The molecule has 12 heteroatoms. The molecule has 0 amide bonds. The summed E-state index contributed by atoms with van der Waals surface area (Å²) in [6, 6.07) is 12.8. The van der Waals surface area contributed by atoms with Crippen LogP contribution in [0.2, 0.25) is 0 Å². The van der Waals surface area contributed by atoms with E-state index in [0.29, 0.717) is 93.9 Å². The van der Waals surface area contributed by atoms with Crippen LogP contribution >= 0.6 is 36.7 Å². The van der Waals surface area contributed by atoms with E-state index in [2.05, 4.69) is 128 Å². The van der Waals surface area contributed by atoms with Crippen molar-refractivity contribution < 1.29 is 15.3 Å². The van der Waals surface area contributed by atoms with Crippen LogP contribution in [0.5, 0.6) is 17.2 Å². The van der Waals surface area contributed by atoms with E-state index in [1.807, 2.05) is 0 Å². The molecule has 3 saturated heterocycles. The zero-order chi connectivity index (χ0) is 41.4. The molecule has 57 heavy (non-hydrogen) atoms. The van der Waals surface area contributed by atoms with Gasteiger partial charge in [-0.3, -0.25) is 0 Å². The first-order chi connectivity index (χ1) is 26.6. The third kappa shape index (κ3) is 8.37. The fourth-order valence-corrected chi connectivity index (χ4v) is 9.25. The van der Waals surface area contributed by atoms with E-state index in [1.165, 1.54) is 0 Å². The molecular weight excluding hydrogens is 769 g/mol. The molecule has 0 unspecified atom stereocenters. The molecule has 7 rings (SSSR count). The van der Waals surface area contributed by atoms with Gasteiger partial charge in [0.05, 0.1) is 0 Å². The number of rotatable bonds is 0. The summed E-state index contributed by atoms with van der Waals surface area (Å²) in [5, 5.41) is 37.9. The van der Waals surface area contributed by atoms with Crippen molar-refractivity contribution in [1.29, 1.82) is 0 Å². The van der Waals surface area contributed by atoms with Gasteiger partial charge in [-0.2, -0.15) is 0 Å². The smallest absolute Gasteiger partial charge is 0.172 e. The van der Waals surface area contributed by atoms with Crippen molar-refractivity contribution in [2.75, 3.05) is 39.3 Å². The summed E-state index contributed by atoms with van der Waals surface area (Å²) in [7, 11) is 0. The van der Waals surface area contributed by atoms with Crippen molar-refractivity contribution >= 4 is 52.0 Å². The summed E-state index contributed by atoms with van der Waals surface area (Å²) in [5.74, 6) is 0.827. The van der Waals surface area contributed by atoms with E-state index in [1.54, 1.807) is 0 Å². The predicted molar refractivity (Wildman–Crippen MR) is 241 cm³/mol. The van der Waals surface area contributed by atoms with Crippen LogP contribution in [0.15, 0.2) is 36.4 Å². The molecule has 3 fully saturated rings. The van der Waals surface area contributed by atoms with Crippen LogP contribution in [0, 0.1) is 0 Å². The number of nitrogens with zero attached hydrogens (tertiary/aromatic N) is 6. The molecule has 3 aromatic carbocycles. The van der Waals surface area contributed by atoms with Crippen molar-refractivity contribution in [3.8, 4) is 17.2 Å². The van der Waals surface area contributed by atoms with Gasteiger partial charge in [-0.1, -0.05) is 62.3 Å². The molecule has 0 aromatic heterocycles. The standard InChI is InChI=1S/C45H60N6O3S3/c1-43(2,3)34-16-28-22-46-10-12-48(40(46)55)24-30-18-35(44(4,5)6)20-32(38(30)53)26-50-14-15-51(42(50)57)27-33-21-36(45(7,8)9)19-31(39(33)54)25-49-13-11-47(41(49)56)23-29(17-34)37(28)52/h16-21,52-54H,10-15,22-27H2,1-9H3. The Labute approximate surface area is 355 Å². The van der Waals surface area contributed by atoms with E-state index in [-0.39, 0.29) is 33.5 Å². The zero-order valence-electron chi connectivity index (χ0n) is 35.2. The minimum Gasteiger partial charge on any atom is -0.507 e. The van der Waals surface area contributed by atoms with Gasteiger partial charge in [0.15, 0.2) is 15.3 Å². The summed E-state index contributed by atoms with van der Waals surface area (Å²) < 4.78 is 0. The first kappa shape index (κ1) is 41.3. The van der Waals surface area contributed by atoms with Crippen LogP contribution in [0.25, 0.3) is 0 Å². The van der Waals surface area contributed by atoms with Gasteiger partial charge >= 0.3 is 0 Å². The van der Waals surface area contributed by atoms with Gasteiger partial charge in [-0.15, -0.1) is 0 Å². The van der Waals surface area contributed by atoms with Crippen LogP contribution in [0.3, 0.4) is 0 Å². The molecule has 0 spiro atoms. The molecule has 3 N–H and O–H groups in total. The average molecular weight is 829 g/mol. The molecule has 4 aliphatic rings. The van der Waals surface area contributed by atoms with Crippen molar-refractivity contribution in [3.05, 3.63) is 86.5 Å². The molecule has 0 saturated carbocycles. The van der Waals surface area contributed by atoms with Crippen molar-refractivity contribution in [1.82, 2.24) is 29.4 Å². The monoisotopic (exact) mass is 828 g/mol. The Bertz CT molecular complexity index is 1770. The lowest BCUT2D eigenvalue weighted by atomic mass is 9.84. The van der Waals surface area contributed by atoms with Crippen LogP contribution in [-0.4, -0.2) is 99.3 Å². The fraction of sp³-hybridized carbons (Fsp3) is 0.533. The lowest BCUT2D eigenvalue weighted by Gasteiger charge is -2.29. The van der Waals surface area contributed by atoms with Gasteiger partial charge in [0.2, 0.25) is 0 Å². The van der Waals surface area contributed by atoms with Crippen molar-refractivity contribution in [2.45, 2.75) is 118 Å². The number of phenolic OH excluding ortho intramolecular Hbond substituents is 3. The summed E-state index contributed by atoms with van der Waals surface area (Å²) in [4.78, 5) is 13.0. The third-order valence-electron chi connectivity index (χ3n) is 12.1. The summed E-state index contributed by atoms with van der Waals surface area (Å²) in [6.45, 7) is 26.9. The van der Waals surface area contributed by atoms with Crippen LogP contribution < -0.4 is 0 Å². The Hall–Kier alpha value is -3.87. The number of fused-ring (bicyclic) bond motifs is 12. The van der Waals surface area contributed by atoms with E-state index in [4.69, 9.17) is 36.7 Å². The molecule has 0 atom stereocenters. The van der Waals surface area contributed by atoms with Gasteiger partial charge in [0, 0.05) is 112 Å². The molecule has 3 aromatic rings. The Kier molecular flexibility index (Phi) is 10.9. The highest BCUT2D eigenvalue weighted by Crippen LogP contribution is 2.38. The minimum absolute atomic E-state index is 0.147. The molecule has 306 valence electrons. The van der Waals surface area contributed by atoms with Gasteiger partial charge in [-0.05, 0) is 106 Å². The molecule has 4 aliphatic heterocycles. The van der Waals surface area contributed by atoms with Crippen LogP contribution in [0.1, 0.15) is 112 Å². The lowest BCUT2D eigenvalue weighted by molar-refractivity contribution is 0.404. The maximum absolute atomic E-state index is 11.9. The number of hydrogen-bond acceptors (Lipinski definition) is 6. The van der Waals surface area contributed by atoms with Gasteiger partial charge in [-0.25, -0.2) is 0 Å². The van der Waals surface area contributed by atoms with E-state index in [0.717, 1.165) is 50.1 Å². The Balaban J connectivity index is 1.31. The molecule has 12 bridgehead atoms. The molecule has 0 radical (unpaired) electrons. The molecule has 0 aliphatic carbocycles. The number of benzene rings is 3. The Morgan fingerprint density at radius 3 is 0.649 bits per heavy atom. The Morgan fingerprint density at radius 1 is 0.351 bits per heavy atom. The Morgan fingerprint density at radius 2 is 0.509 bits per heavy atom. The zero-order valence-corrected chi connectivity index (χ0v) is 37.6. The first-order valence-corrected chi connectivity index (χ1v) is 21.5. The minimum atomic E-state index is -0.147. The molecular formula is C45H60N6O3S3. The summed E-state index contributed by atoms with van der Waals surface area (Å²) >= 11 is 18.4. The predicted octanol–water partition coefficient (Wildman–Crippen LogP) is 7.82. The third-order valence-corrected chi connectivity index (χ3v) is 13.7. The van der Waals surface area contributed by atoms with Crippen LogP contribution in [-0.2, 0) is 55.5 Å². The van der Waals surface area contributed by atoms with Gasteiger partial charge in [0.25, 0.3) is 0 Å². The number of aromatic hydroxyl groups is 3. The topological polar surface area (TPSA) is 80.1 Å². The van der Waals surface area contributed by atoms with E-state index < -0.39 is 0 Å². The lowest BCUT2D eigenvalue weighted by Crippen LogP contribution is -2.33. The van der Waals surface area contributed by atoms with E-state index in [9.17, 15) is 15.3 Å². The second-order valence-corrected chi connectivity index (χ2v) is 20.7. The second-order valence-electron chi connectivity index (χ2n) is 19.6. The molecule has 9 nitrogen and oxygen atoms in total. The number of hydrogen-bond donors (Lipinski definition) is 3. The molecule has 4 heterocycles. The SMILES string of the molecule is CC(C)(C)c1cc2c(O)c(c1)CN1CCN(Cc3cc(C(C)(C)C)cc(c3O)CN3CCN(Cc4cc(C(C)(C)C)cc(c4O)CN4CCN(C2)C4=S)C3=S)C1=S. The highest BCUT2D eigenvalue weighted by atomic mass is 32.1. The second kappa shape index (κ2) is 15.1. The largest absolute Gasteiger partial charge is 0.507 e. The first-order valence-electron chi connectivity index (χ1n) is 20.3. The van der Waals surface area contributed by atoms with Gasteiger partial charge < -0.3 is 44.7 Å². The normalized spacial score (nSPS) is 18.6. The quantitative estimate of drug-likeness (QED) is 0.194. The van der Waals surface area contributed by atoms with Gasteiger partial charge in [0.1, 0.15) is 17.2 Å². The van der Waals surface area contributed by atoms with Crippen LogP contribution in [0.4, 0.5) is 0 Å². The summed E-state index contributed by atoms with van der Waals surface area (Å²) in [6.07, 6.45) is 0. The van der Waals surface area contributed by atoms with Crippen molar-refractivity contribution in [3.63, 3.8) is 0 Å². The highest BCUT2D eigenvalue weighted by Gasteiger charge is 2.33. The van der Waals surface area contributed by atoms with E-state index >= 15 is 0 Å². The average Bonchev–Trinajstić information content (AvgIpc) is 3.76. The number of thiocarbonyl (C=S) groups is 3.